The van der Waals surface area contributed by atoms with E-state index in [-0.39, 0.29) is 12.4 Å². The number of ether oxygens (including phenoxy) is 1. The average Bonchev–Trinajstić information content (AvgIpc) is 2.69. The Morgan fingerprint density at radius 2 is 2.00 bits per heavy atom. The van der Waals surface area contributed by atoms with E-state index in [2.05, 4.69) is 29.6 Å². The van der Waals surface area contributed by atoms with Crippen LogP contribution < -0.4 is 10.1 Å². The van der Waals surface area contributed by atoms with Crippen LogP contribution in [-0.4, -0.2) is 30.1 Å². The molecule has 0 amide bonds. The Morgan fingerprint density at radius 1 is 1.22 bits per heavy atom. The molecule has 0 spiro atoms. The van der Waals surface area contributed by atoms with Gasteiger partial charge in [0.15, 0.2) is 0 Å². The van der Waals surface area contributed by atoms with Crippen molar-refractivity contribution < 1.29 is 20.0 Å². The van der Waals surface area contributed by atoms with E-state index in [9.17, 15) is 9.90 Å². The molecule has 0 bridgehead atoms. The van der Waals surface area contributed by atoms with Crippen molar-refractivity contribution >= 4 is 5.78 Å². The van der Waals surface area contributed by atoms with Crippen LogP contribution in [0.2, 0.25) is 0 Å². The summed E-state index contributed by atoms with van der Waals surface area (Å²) >= 11 is 0. The molecular weight excluding hydrogens is 338 g/mol. The smallest absolute Gasteiger partial charge is 0.137 e. The molecule has 4 heteroatoms. The Kier molecular flexibility index (Phi) is 7.02. The number of aliphatic hydroxyl groups excluding tert-OH is 1. The second kappa shape index (κ2) is 9.67. The van der Waals surface area contributed by atoms with E-state index in [1.54, 1.807) is 6.92 Å². The Balaban J connectivity index is 1.42. The van der Waals surface area contributed by atoms with Crippen molar-refractivity contribution in [1.82, 2.24) is 0 Å². The third-order valence-electron chi connectivity index (χ3n) is 5.24. The lowest BCUT2D eigenvalue weighted by Gasteiger charge is -2.24. The summed E-state index contributed by atoms with van der Waals surface area (Å²) in [5, 5.41) is 12.5. The minimum absolute atomic E-state index is 0.204. The maximum absolute atomic E-state index is 11.1. The van der Waals surface area contributed by atoms with Gasteiger partial charge in [0.1, 0.15) is 36.8 Å². The summed E-state index contributed by atoms with van der Waals surface area (Å²) in [5.41, 5.74) is 3.99. The number of fused-ring (bicyclic) bond motifs is 1. The molecule has 144 valence electrons. The van der Waals surface area contributed by atoms with Gasteiger partial charge in [0, 0.05) is 18.4 Å². The SMILES string of the molecule is CC(=O)CCc1ccc(OC[C@H](O)C[NH2+][C@H]2CCCc3ccccc32)cc1. The molecule has 3 rings (SSSR count). The molecule has 0 fully saturated rings. The molecule has 2 aromatic carbocycles. The van der Waals surface area contributed by atoms with Crippen molar-refractivity contribution in [1.29, 1.82) is 0 Å². The van der Waals surface area contributed by atoms with Crippen LogP contribution in [0.1, 0.15) is 48.9 Å². The van der Waals surface area contributed by atoms with E-state index in [0.29, 0.717) is 19.0 Å². The van der Waals surface area contributed by atoms with Crippen LogP contribution in [0.5, 0.6) is 5.75 Å². The van der Waals surface area contributed by atoms with Crippen molar-refractivity contribution in [3.63, 3.8) is 0 Å². The first-order valence-electron chi connectivity index (χ1n) is 9.92. The number of Topliss-reactive ketones (excluding diaryl/α,β-unsaturated/α-hetero) is 1. The first kappa shape index (κ1) is 19.6. The van der Waals surface area contributed by atoms with E-state index in [4.69, 9.17) is 4.74 Å². The molecular formula is C23H30NO3+. The third-order valence-corrected chi connectivity index (χ3v) is 5.24. The highest BCUT2D eigenvalue weighted by Gasteiger charge is 2.23. The second-order valence-corrected chi connectivity index (χ2v) is 7.48. The van der Waals surface area contributed by atoms with Gasteiger partial charge in [0.05, 0.1) is 0 Å². The predicted molar refractivity (Wildman–Crippen MR) is 106 cm³/mol. The van der Waals surface area contributed by atoms with Gasteiger partial charge in [-0.2, -0.15) is 0 Å². The standard InChI is InChI=1S/C23H29NO3/c1-17(25)9-10-18-11-13-21(14-12-18)27-16-20(26)15-24-23-8-4-6-19-5-2-3-7-22(19)23/h2-3,5,7,11-14,20,23-24,26H,4,6,8-10,15-16H2,1H3/p+1/t20-,23+/m1/s1. The molecule has 1 aliphatic rings. The molecule has 0 radical (unpaired) electrons. The zero-order valence-electron chi connectivity index (χ0n) is 16.1. The van der Waals surface area contributed by atoms with Gasteiger partial charge in [-0.1, -0.05) is 36.4 Å². The quantitative estimate of drug-likeness (QED) is 0.715. The van der Waals surface area contributed by atoms with Gasteiger partial charge in [-0.25, -0.2) is 0 Å². The molecule has 0 heterocycles. The number of carbonyl (C=O) groups excluding carboxylic acids is 1. The van der Waals surface area contributed by atoms with Gasteiger partial charge < -0.3 is 20.0 Å². The number of aliphatic hydroxyl groups is 1. The molecule has 0 aliphatic heterocycles. The summed E-state index contributed by atoms with van der Waals surface area (Å²) in [6.07, 6.45) is 4.35. The average molecular weight is 368 g/mol. The zero-order chi connectivity index (χ0) is 19.1. The van der Waals surface area contributed by atoms with Gasteiger partial charge in [0.2, 0.25) is 0 Å². The molecule has 0 saturated heterocycles. The molecule has 0 unspecified atom stereocenters. The summed E-state index contributed by atoms with van der Waals surface area (Å²) in [5.74, 6) is 0.957. The Bertz CT molecular complexity index is 742. The van der Waals surface area contributed by atoms with Crippen LogP contribution in [0.4, 0.5) is 0 Å². The number of ketones is 1. The number of hydrogen-bond donors (Lipinski definition) is 2. The van der Waals surface area contributed by atoms with E-state index in [1.165, 1.54) is 17.5 Å². The van der Waals surface area contributed by atoms with Crippen LogP contribution in [0.3, 0.4) is 0 Å². The summed E-state index contributed by atoms with van der Waals surface area (Å²) in [6, 6.07) is 16.9. The van der Waals surface area contributed by atoms with Crippen LogP contribution >= 0.6 is 0 Å². The first-order chi connectivity index (χ1) is 13.1. The van der Waals surface area contributed by atoms with E-state index < -0.39 is 6.10 Å². The fourth-order valence-corrected chi connectivity index (χ4v) is 3.69. The number of quaternary nitrogens is 1. The summed E-state index contributed by atoms with van der Waals surface area (Å²) in [4.78, 5) is 11.1. The second-order valence-electron chi connectivity index (χ2n) is 7.48. The van der Waals surface area contributed by atoms with Crippen LogP contribution in [0, 0.1) is 0 Å². The number of carbonyl (C=O) groups is 1. The number of aryl methyl sites for hydroxylation is 2. The summed E-state index contributed by atoms with van der Waals surface area (Å²) in [6.45, 7) is 2.54. The monoisotopic (exact) mass is 368 g/mol. The number of rotatable bonds is 9. The lowest BCUT2D eigenvalue weighted by molar-refractivity contribution is -0.702. The first-order valence-corrected chi connectivity index (χ1v) is 9.92. The van der Waals surface area contributed by atoms with Crippen molar-refractivity contribution in [2.75, 3.05) is 13.2 Å². The van der Waals surface area contributed by atoms with Crippen molar-refractivity contribution in [2.24, 2.45) is 0 Å². The van der Waals surface area contributed by atoms with Gasteiger partial charge in [-0.05, 0) is 49.4 Å². The van der Waals surface area contributed by atoms with Crippen LogP contribution in [-0.2, 0) is 17.6 Å². The Hall–Kier alpha value is -2.17. The highest BCUT2D eigenvalue weighted by atomic mass is 16.5. The maximum atomic E-state index is 11.1. The lowest BCUT2D eigenvalue weighted by atomic mass is 9.88. The maximum Gasteiger partial charge on any atom is 0.137 e. The third kappa shape index (κ3) is 5.91. The molecule has 0 aromatic heterocycles. The Morgan fingerprint density at radius 3 is 2.78 bits per heavy atom. The van der Waals surface area contributed by atoms with E-state index in [0.717, 1.165) is 30.6 Å². The van der Waals surface area contributed by atoms with Gasteiger partial charge in [-0.3, -0.25) is 0 Å². The topological polar surface area (TPSA) is 63.1 Å². The largest absolute Gasteiger partial charge is 0.491 e. The van der Waals surface area contributed by atoms with Crippen molar-refractivity contribution in [3.05, 3.63) is 65.2 Å². The number of nitrogens with two attached hydrogens (primary N) is 1. The van der Waals surface area contributed by atoms with Gasteiger partial charge >= 0.3 is 0 Å². The fourth-order valence-electron chi connectivity index (χ4n) is 3.69. The number of benzene rings is 2. The zero-order valence-corrected chi connectivity index (χ0v) is 16.1. The minimum atomic E-state index is -0.503. The molecule has 1 aliphatic carbocycles. The lowest BCUT2D eigenvalue weighted by Crippen LogP contribution is -2.87. The van der Waals surface area contributed by atoms with Gasteiger partial charge in [-0.15, -0.1) is 0 Å². The normalized spacial score (nSPS) is 17.2. The molecule has 4 nitrogen and oxygen atoms in total. The van der Waals surface area contributed by atoms with Crippen LogP contribution in [0.15, 0.2) is 48.5 Å². The summed E-state index contributed by atoms with van der Waals surface area (Å²) in [7, 11) is 0. The predicted octanol–water partition coefficient (Wildman–Crippen LogP) is 2.59. The fraction of sp³-hybridized carbons (Fsp3) is 0.435. The van der Waals surface area contributed by atoms with E-state index >= 15 is 0 Å². The molecule has 2 aromatic rings. The molecule has 0 saturated carbocycles. The van der Waals surface area contributed by atoms with Crippen molar-refractivity contribution in [2.45, 2.75) is 51.2 Å². The minimum Gasteiger partial charge on any atom is -0.491 e. The molecule has 3 N–H and O–H groups in total. The Labute approximate surface area is 161 Å². The van der Waals surface area contributed by atoms with Crippen molar-refractivity contribution in [3.8, 4) is 5.75 Å². The van der Waals surface area contributed by atoms with Gasteiger partial charge in [0.25, 0.3) is 0 Å². The molecule has 2 atom stereocenters. The number of hydrogen-bond acceptors (Lipinski definition) is 3. The van der Waals surface area contributed by atoms with Crippen LogP contribution in [0.25, 0.3) is 0 Å². The highest BCUT2D eigenvalue weighted by molar-refractivity contribution is 5.75. The molecule has 27 heavy (non-hydrogen) atoms. The highest BCUT2D eigenvalue weighted by Crippen LogP contribution is 2.26. The summed E-state index contributed by atoms with van der Waals surface area (Å²) < 4.78 is 5.72. The van der Waals surface area contributed by atoms with E-state index in [1.807, 2.05) is 24.3 Å².